The Morgan fingerprint density at radius 1 is 1.17 bits per heavy atom. The summed E-state index contributed by atoms with van der Waals surface area (Å²) in [5, 5.41) is 22.0. The number of β-amino-alcohol motifs (C(OH)–C–C–N with tert-alkyl or cyclic N) is 1. The lowest BCUT2D eigenvalue weighted by Gasteiger charge is -2.61. The molecule has 12 heteroatoms. The smallest absolute Gasteiger partial charge is 0.338 e. The maximum atomic E-state index is 13.3. The summed E-state index contributed by atoms with van der Waals surface area (Å²) >= 11 is 0. The highest BCUT2D eigenvalue weighted by atomic mass is 32.2. The molecule has 3 aromatic rings. The van der Waals surface area contributed by atoms with Gasteiger partial charge in [-0.15, -0.1) is 5.10 Å². The van der Waals surface area contributed by atoms with Crippen LogP contribution < -0.4 is 0 Å². The highest BCUT2D eigenvalue weighted by molar-refractivity contribution is 7.89. The van der Waals surface area contributed by atoms with Crippen molar-refractivity contribution in [2.45, 2.75) is 43.5 Å². The first-order valence-corrected chi connectivity index (χ1v) is 12.8. The van der Waals surface area contributed by atoms with Crippen molar-refractivity contribution in [3.8, 4) is 5.69 Å². The molecule has 2 unspecified atom stereocenters. The van der Waals surface area contributed by atoms with E-state index in [4.69, 9.17) is 4.74 Å². The number of piperazine rings is 1. The van der Waals surface area contributed by atoms with Crippen LogP contribution in [0.2, 0.25) is 0 Å². The molecule has 35 heavy (non-hydrogen) atoms. The molecule has 4 heterocycles. The minimum absolute atomic E-state index is 0.0839. The fraction of sp³-hybridized carbons (Fsp3) is 0.391. The Morgan fingerprint density at radius 3 is 2.69 bits per heavy atom. The quantitative estimate of drug-likeness (QED) is 0.491. The molecular weight excluding hydrogens is 472 g/mol. The lowest BCUT2D eigenvalue weighted by molar-refractivity contribution is -0.0950. The first kappa shape index (κ1) is 22.3. The molecule has 2 saturated heterocycles. The second kappa shape index (κ2) is 7.92. The number of carbonyl (C=O) groups is 1. The van der Waals surface area contributed by atoms with Gasteiger partial charge in [-0.05, 0) is 65.2 Å². The summed E-state index contributed by atoms with van der Waals surface area (Å²) in [5.41, 5.74) is 4.50. The van der Waals surface area contributed by atoms with Gasteiger partial charge in [-0.3, -0.25) is 4.90 Å². The van der Waals surface area contributed by atoms with Gasteiger partial charge in [0.2, 0.25) is 10.0 Å². The van der Waals surface area contributed by atoms with Crippen LogP contribution in [-0.2, 0) is 21.4 Å². The van der Waals surface area contributed by atoms with E-state index >= 15 is 0 Å². The molecule has 11 nitrogen and oxygen atoms in total. The topological polar surface area (TPSA) is 131 Å². The molecule has 182 valence electrons. The number of aliphatic hydroxyl groups is 1. The summed E-state index contributed by atoms with van der Waals surface area (Å²) in [6, 6.07) is 8.40. The number of sulfonamides is 1. The van der Waals surface area contributed by atoms with Crippen LogP contribution in [0.1, 0.15) is 38.7 Å². The number of esters is 1. The zero-order chi connectivity index (χ0) is 24.5. The van der Waals surface area contributed by atoms with E-state index in [0.29, 0.717) is 25.2 Å². The number of benzene rings is 2. The van der Waals surface area contributed by atoms with E-state index < -0.39 is 16.1 Å². The number of nitrogens with zero attached hydrogens (tertiary/aromatic N) is 6. The van der Waals surface area contributed by atoms with Gasteiger partial charge in [-0.2, -0.15) is 4.31 Å². The Balaban J connectivity index is 1.12. The van der Waals surface area contributed by atoms with Gasteiger partial charge in [-0.25, -0.2) is 17.9 Å². The zero-order valence-electron chi connectivity index (χ0n) is 19.2. The van der Waals surface area contributed by atoms with Crippen molar-refractivity contribution in [3.63, 3.8) is 0 Å². The molecule has 2 fully saturated rings. The van der Waals surface area contributed by atoms with Crippen molar-refractivity contribution in [3.05, 3.63) is 64.5 Å². The number of hydrogen-bond donors (Lipinski definition) is 1. The molecular formula is C23H24N6O5S. The van der Waals surface area contributed by atoms with Gasteiger partial charge in [0.25, 0.3) is 0 Å². The van der Waals surface area contributed by atoms with Crippen LogP contribution in [0.15, 0.2) is 41.6 Å². The number of aryl methyl sites for hydroxylation is 1. The second-order valence-electron chi connectivity index (χ2n) is 9.26. The predicted octanol–water partition coefficient (Wildman–Crippen LogP) is 0.740. The summed E-state index contributed by atoms with van der Waals surface area (Å²) in [5.74, 6) is -0.328. The predicted molar refractivity (Wildman–Crippen MR) is 122 cm³/mol. The van der Waals surface area contributed by atoms with Gasteiger partial charge >= 0.3 is 5.97 Å². The van der Waals surface area contributed by atoms with E-state index in [9.17, 15) is 18.3 Å². The number of cyclic esters (lactones) is 1. The zero-order valence-corrected chi connectivity index (χ0v) is 20.0. The normalized spacial score (nSPS) is 22.7. The average molecular weight is 497 g/mol. The van der Waals surface area contributed by atoms with Crippen molar-refractivity contribution in [2.75, 3.05) is 19.6 Å². The first-order chi connectivity index (χ1) is 16.8. The van der Waals surface area contributed by atoms with Crippen LogP contribution in [0.3, 0.4) is 0 Å². The van der Waals surface area contributed by atoms with Crippen molar-refractivity contribution in [2.24, 2.45) is 0 Å². The number of hydrogen-bond acceptors (Lipinski definition) is 9. The molecule has 0 bridgehead atoms. The third-order valence-electron chi connectivity index (χ3n) is 7.42. The Morgan fingerprint density at radius 2 is 2.00 bits per heavy atom. The lowest BCUT2D eigenvalue weighted by atomic mass is 9.87. The molecule has 3 aliphatic rings. The summed E-state index contributed by atoms with van der Waals surface area (Å²) < 4.78 is 34.6. The van der Waals surface area contributed by atoms with Crippen molar-refractivity contribution >= 4 is 16.0 Å². The van der Waals surface area contributed by atoms with E-state index in [0.717, 1.165) is 27.9 Å². The fourth-order valence-corrected chi connectivity index (χ4v) is 7.04. The van der Waals surface area contributed by atoms with Gasteiger partial charge in [0.15, 0.2) is 0 Å². The Hall–Kier alpha value is -3.19. The molecule has 3 atom stereocenters. The SMILES string of the molecule is Cc1cc(S(=O)(=O)N2CC3C2CN3C[C@H](O)c2ccc3c(c2C)COC3=O)ccc1-n1cnnn1. The molecule has 1 N–H and O–H groups in total. The summed E-state index contributed by atoms with van der Waals surface area (Å²) in [6.07, 6.45) is 0.731. The van der Waals surface area contributed by atoms with Crippen LogP contribution in [-0.4, -0.2) is 80.6 Å². The Bertz CT molecular complexity index is 1440. The summed E-state index contributed by atoms with van der Waals surface area (Å²) in [4.78, 5) is 14.1. The van der Waals surface area contributed by atoms with Gasteiger partial charge in [0.1, 0.15) is 12.9 Å². The molecule has 0 saturated carbocycles. The van der Waals surface area contributed by atoms with Crippen LogP contribution in [0.25, 0.3) is 5.69 Å². The van der Waals surface area contributed by atoms with Crippen LogP contribution in [0, 0.1) is 13.8 Å². The molecule has 0 spiro atoms. The maximum absolute atomic E-state index is 13.3. The molecule has 0 aliphatic carbocycles. The number of fused-ring (bicyclic) bond motifs is 2. The maximum Gasteiger partial charge on any atom is 0.338 e. The molecule has 0 amide bonds. The van der Waals surface area contributed by atoms with Crippen molar-refractivity contribution < 1.29 is 23.1 Å². The van der Waals surface area contributed by atoms with E-state index in [-0.39, 0.29) is 29.6 Å². The second-order valence-corrected chi connectivity index (χ2v) is 11.2. The molecule has 6 rings (SSSR count). The Kier molecular flexibility index (Phi) is 5.04. The molecule has 2 aromatic carbocycles. The van der Waals surface area contributed by atoms with Crippen molar-refractivity contribution in [1.29, 1.82) is 0 Å². The minimum atomic E-state index is -3.63. The van der Waals surface area contributed by atoms with Crippen molar-refractivity contribution in [1.82, 2.24) is 29.4 Å². The first-order valence-electron chi connectivity index (χ1n) is 11.3. The van der Waals surface area contributed by atoms with Gasteiger partial charge in [-0.1, -0.05) is 6.07 Å². The van der Waals surface area contributed by atoms with E-state index in [1.165, 1.54) is 15.3 Å². The molecule has 1 aromatic heterocycles. The van der Waals surface area contributed by atoms with Crippen LogP contribution in [0.5, 0.6) is 0 Å². The summed E-state index contributed by atoms with van der Waals surface area (Å²) in [6.45, 7) is 5.31. The molecule has 3 aliphatic heterocycles. The van der Waals surface area contributed by atoms with Gasteiger partial charge in [0, 0.05) is 31.2 Å². The number of tetrazole rings is 1. The average Bonchev–Trinajstić information content (AvgIpc) is 3.47. The highest BCUT2D eigenvalue weighted by Crippen LogP contribution is 2.39. The van der Waals surface area contributed by atoms with Crippen LogP contribution >= 0.6 is 0 Å². The van der Waals surface area contributed by atoms with E-state index in [1.54, 1.807) is 30.3 Å². The van der Waals surface area contributed by atoms with Crippen LogP contribution in [0.4, 0.5) is 0 Å². The minimum Gasteiger partial charge on any atom is -0.457 e. The summed E-state index contributed by atoms with van der Waals surface area (Å²) in [7, 11) is -3.63. The number of aliphatic hydroxyl groups excluding tert-OH is 1. The number of ether oxygens (including phenoxy) is 1. The monoisotopic (exact) mass is 496 g/mol. The fourth-order valence-electron chi connectivity index (χ4n) is 5.29. The third-order valence-corrected chi connectivity index (χ3v) is 9.30. The largest absolute Gasteiger partial charge is 0.457 e. The standard InChI is InChI=1S/C23H24N6O5S/c1-13-7-15(3-6-19(13)28-12-24-25-26-28)35(32,33)29-9-20-21(29)8-27(20)10-22(30)16-4-5-17-18(14(16)2)11-34-23(17)31/h3-7,12,20-22,30H,8-11H2,1-2H3/t20?,21?,22-/m0/s1. The lowest BCUT2D eigenvalue weighted by Crippen LogP contribution is -2.79. The number of carbonyl (C=O) groups excluding carboxylic acids is 1. The van der Waals surface area contributed by atoms with E-state index in [1.807, 2.05) is 13.8 Å². The number of aromatic nitrogens is 4. The highest BCUT2D eigenvalue weighted by Gasteiger charge is 2.56. The number of likely N-dealkylation sites (tertiary alicyclic amines) is 1. The van der Waals surface area contributed by atoms with Gasteiger partial charge < -0.3 is 9.84 Å². The third kappa shape index (κ3) is 3.39. The van der Waals surface area contributed by atoms with E-state index in [2.05, 4.69) is 20.4 Å². The molecule has 0 radical (unpaired) electrons. The van der Waals surface area contributed by atoms with Gasteiger partial charge in [0.05, 0.1) is 28.3 Å². The Labute approximate surface area is 202 Å². The number of rotatable bonds is 6.